The molecule has 0 atom stereocenters. The summed E-state index contributed by atoms with van der Waals surface area (Å²) in [6, 6.07) is 6.22. The van der Waals surface area contributed by atoms with Crippen molar-refractivity contribution in [2.24, 2.45) is 0 Å². The second-order valence-electron chi connectivity index (χ2n) is 3.44. The molecule has 0 radical (unpaired) electrons. The zero-order chi connectivity index (χ0) is 13.2. The van der Waals surface area contributed by atoms with Crippen LogP contribution in [0.2, 0.25) is 0 Å². The average molecular weight is 249 g/mol. The molecule has 3 nitrogen and oxygen atoms in total. The smallest absolute Gasteiger partial charge is 0.237 e. The Kier molecular flexibility index (Phi) is 2.98. The van der Waals surface area contributed by atoms with E-state index in [2.05, 4.69) is 9.97 Å². The third-order valence-corrected chi connectivity index (χ3v) is 2.27. The number of nitrogens with zero attached hydrogens (tertiary/aromatic N) is 3. The highest BCUT2D eigenvalue weighted by Crippen LogP contribution is 2.32. The van der Waals surface area contributed by atoms with Crippen molar-refractivity contribution in [2.45, 2.75) is 6.18 Å². The first kappa shape index (κ1) is 12.0. The molecule has 0 aliphatic heterocycles. The zero-order valence-electron chi connectivity index (χ0n) is 8.94. The van der Waals surface area contributed by atoms with Crippen LogP contribution in [0.4, 0.5) is 13.2 Å². The molecule has 18 heavy (non-hydrogen) atoms. The first-order chi connectivity index (χ1) is 8.52. The first-order valence-electron chi connectivity index (χ1n) is 4.91. The van der Waals surface area contributed by atoms with E-state index in [-0.39, 0.29) is 17.0 Å². The van der Waals surface area contributed by atoms with Gasteiger partial charge in [0.1, 0.15) is 0 Å². The molecule has 2 aromatic rings. The number of benzene rings is 1. The molecular formula is C12H6F3N3. The van der Waals surface area contributed by atoms with Gasteiger partial charge in [0.15, 0.2) is 5.82 Å². The molecule has 2 rings (SSSR count). The minimum atomic E-state index is -4.47. The van der Waals surface area contributed by atoms with Gasteiger partial charge in [-0.1, -0.05) is 0 Å². The van der Waals surface area contributed by atoms with Gasteiger partial charge in [-0.05, 0) is 24.3 Å². The monoisotopic (exact) mass is 249 g/mol. The first-order valence-corrected chi connectivity index (χ1v) is 4.91. The van der Waals surface area contributed by atoms with E-state index in [1.165, 1.54) is 18.5 Å². The van der Waals surface area contributed by atoms with Gasteiger partial charge in [-0.15, -0.1) is 0 Å². The Balaban J connectivity index is 2.56. The van der Waals surface area contributed by atoms with Crippen LogP contribution < -0.4 is 0 Å². The van der Waals surface area contributed by atoms with Gasteiger partial charge in [0.2, 0.25) is 0 Å². The number of hydrogen-bond donors (Lipinski definition) is 0. The summed E-state index contributed by atoms with van der Waals surface area (Å²) in [6.45, 7) is 0. The van der Waals surface area contributed by atoms with E-state index >= 15 is 0 Å². The second kappa shape index (κ2) is 4.45. The van der Waals surface area contributed by atoms with Crippen LogP contribution in [0, 0.1) is 11.3 Å². The summed E-state index contributed by atoms with van der Waals surface area (Å²) < 4.78 is 37.5. The summed E-state index contributed by atoms with van der Waals surface area (Å²) in [6.07, 6.45) is -1.55. The second-order valence-corrected chi connectivity index (χ2v) is 3.44. The van der Waals surface area contributed by atoms with E-state index < -0.39 is 11.7 Å². The molecule has 6 heteroatoms. The van der Waals surface area contributed by atoms with Crippen molar-refractivity contribution in [1.29, 1.82) is 5.26 Å². The molecule has 0 aliphatic rings. The lowest BCUT2D eigenvalue weighted by molar-refractivity contribution is -0.137. The summed E-state index contributed by atoms with van der Waals surface area (Å²) in [4.78, 5) is 7.81. The maximum atomic E-state index is 12.5. The van der Waals surface area contributed by atoms with Crippen LogP contribution in [0.1, 0.15) is 11.1 Å². The van der Waals surface area contributed by atoms with E-state index in [1.807, 2.05) is 0 Å². The lowest BCUT2D eigenvalue weighted by atomic mass is 10.0. The lowest BCUT2D eigenvalue weighted by Gasteiger charge is -2.08. The van der Waals surface area contributed by atoms with Gasteiger partial charge in [0.25, 0.3) is 0 Å². The van der Waals surface area contributed by atoms with Gasteiger partial charge >= 0.3 is 6.18 Å². The van der Waals surface area contributed by atoms with Gasteiger partial charge < -0.3 is 0 Å². The van der Waals surface area contributed by atoms with E-state index in [0.717, 1.165) is 12.1 Å². The molecule has 1 aromatic heterocycles. The van der Waals surface area contributed by atoms with Gasteiger partial charge in [0.05, 0.1) is 17.2 Å². The third-order valence-electron chi connectivity index (χ3n) is 2.27. The number of hydrogen-bond acceptors (Lipinski definition) is 3. The van der Waals surface area contributed by atoms with Crippen molar-refractivity contribution in [1.82, 2.24) is 9.97 Å². The Morgan fingerprint density at radius 1 is 1.11 bits per heavy atom. The molecule has 0 saturated heterocycles. The fraction of sp³-hybridized carbons (Fsp3) is 0.0833. The SMILES string of the molecule is N#Cc1cc(C(F)(F)F)ccc1-c1ncccn1. The normalized spacial score (nSPS) is 11.0. The highest BCUT2D eigenvalue weighted by Gasteiger charge is 2.31. The maximum absolute atomic E-state index is 12.5. The predicted molar refractivity (Wildman–Crippen MR) is 57.2 cm³/mol. The molecule has 0 unspecified atom stereocenters. The molecule has 0 fully saturated rings. The largest absolute Gasteiger partial charge is 0.416 e. The van der Waals surface area contributed by atoms with Crippen molar-refractivity contribution in [3.8, 4) is 17.5 Å². The van der Waals surface area contributed by atoms with Gasteiger partial charge in [-0.25, -0.2) is 9.97 Å². The van der Waals surface area contributed by atoms with E-state index in [9.17, 15) is 13.2 Å². The Hall–Kier alpha value is -2.42. The highest BCUT2D eigenvalue weighted by atomic mass is 19.4. The van der Waals surface area contributed by atoms with E-state index in [1.54, 1.807) is 12.1 Å². The molecular weight excluding hydrogens is 243 g/mol. The molecule has 0 bridgehead atoms. The summed E-state index contributed by atoms with van der Waals surface area (Å²) in [5.74, 6) is 0.225. The molecule has 1 heterocycles. The van der Waals surface area contributed by atoms with Crippen LogP contribution in [0.15, 0.2) is 36.7 Å². The molecule has 0 amide bonds. The highest BCUT2D eigenvalue weighted by molar-refractivity contribution is 5.65. The van der Waals surface area contributed by atoms with Crippen molar-refractivity contribution in [2.75, 3.05) is 0 Å². The van der Waals surface area contributed by atoms with Crippen LogP contribution in [-0.2, 0) is 6.18 Å². The minimum Gasteiger partial charge on any atom is -0.237 e. The van der Waals surface area contributed by atoms with E-state index in [0.29, 0.717) is 0 Å². The van der Waals surface area contributed by atoms with Gasteiger partial charge in [-0.3, -0.25) is 0 Å². The van der Waals surface area contributed by atoms with Crippen molar-refractivity contribution < 1.29 is 13.2 Å². The summed E-state index contributed by atoms with van der Waals surface area (Å²) >= 11 is 0. The molecule has 0 aliphatic carbocycles. The van der Waals surface area contributed by atoms with Crippen LogP contribution in [-0.4, -0.2) is 9.97 Å². The van der Waals surface area contributed by atoms with Crippen LogP contribution >= 0.6 is 0 Å². The lowest BCUT2D eigenvalue weighted by Crippen LogP contribution is -2.05. The average Bonchev–Trinajstić information content (AvgIpc) is 2.38. The Morgan fingerprint density at radius 2 is 1.78 bits per heavy atom. The van der Waals surface area contributed by atoms with Crippen molar-refractivity contribution >= 4 is 0 Å². The fourth-order valence-corrected chi connectivity index (χ4v) is 1.45. The Bertz CT molecular complexity index is 600. The number of nitriles is 1. The molecule has 0 spiro atoms. The van der Waals surface area contributed by atoms with Crippen molar-refractivity contribution in [3.63, 3.8) is 0 Å². The maximum Gasteiger partial charge on any atom is 0.416 e. The number of aromatic nitrogens is 2. The standard InChI is InChI=1S/C12H6F3N3/c13-12(14,15)9-2-3-10(8(6-9)7-16)11-17-4-1-5-18-11/h1-6H. The Labute approximate surface area is 101 Å². The molecule has 90 valence electrons. The molecule has 0 N–H and O–H groups in total. The summed E-state index contributed by atoms with van der Waals surface area (Å²) in [5.41, 5.74) is -0.680. The Morgan fingerprint density at radius 3 is 2.33 bits per heavy atom. The van der Waals surface area contributed by atoms with Crippen LogP contribution in [0.5, 0.6) is 0 Å². The number of rotatable bonds is 1. The minimum absolute atomic E-state index is 0.101. The number of halogens is 3. The molecule has 0 saturated carbocycles. The predicted octanol–water partition coefficient (Wildman–Crippen LogP) is 3.03. The van der Waals surface area contributed by atoms with Gasteiger partial charge in [0, 0.05) is 18.0 Å². The van der Waals surface area contributed by atoms with Gasteiger partial charge in [-0.2, -0.15) is 18.4 Å². The third kappa shape index (κ3) is 2.30. The molecule has 1 aromatic carbocycles. The summed E-state index contributed by atoms with van der Waals surface area (Å²) in [7, 11) is 0. The van der Waals surface area contributed by atoms with Crippen molar-refractivity contribution in [3.05, 3.63) is 47.8 Å². The summed E-state index contributed by atoms with van der Waals surface area (Å²) in [5, 5.41) is 8.90. The quantitative estimate of drug-likeness (QED) is 0.780. The topological polar surface area (TPSA) is 49.6 Å². The van der Waals surface area contributed by atoms with Crippen LogP contribution in [0.3, 0.4) is 0 Å². The number of alkyl halides is 3. The fourth-order valence-electron chi connectivity index (χ4n) is 1.45. The van der Waals surface area contributed by atoms with Crippen LogP contribution in [0.25, 0.3) is 11.4 Å². The zero-order valence-corrected chi connectivity index (χ0v) is 8.94. The van der Waals surface area contributed by atoms with E-state index in [4.69, 9.17) is 5.26 Å².